The van der Waals surface area contributed by atoms with E-state index in [1.54, 1.807) is 0 Å². The van der Waals surface area contributed by atoms with Gasteiger partial charge >= 0.3 is 0 Å². The molecule has 1 heteroatoms. The lowest BCUT2D eigenvalue weighted by molar-refractivity contribution is 0.303. The molecule has 1 aromatic carbocycles. The molecule has 0 amide bonds. The summed E-state index contributed by atoms with van der Waals surface area (Å²) in [7, 11) is 0. The van der Waals surface area contributed by atoms with Crippen LogP contribution in [0.3, 0.4) is 0 Å². The molecule has 0 atom stereocenters. The molecule has 0 radical (unpaired) electrons. The Balaban J connectivity index is 2.06. The van der Waals surface area contributed by atoms with E-state index < -0.39 is 0 Å². The summed E-state index contributed by atoms with van der Waals surface area (Å²) in [5.41, 5.74) is 0.836. The molecule has 19 heavy (non-hydrogen) atoms. The van der Waals surface area contributed by atoms with Gasteiger partial charge in [0.1, 0.15) is 0 Å². The maximum atomic E-state index is 8.97. The van der Waals surface area contributed by atoms with Gasteiger partial charge in [0.05, 0.1) is 15.7 Å². The average molecular weight is 258 g/mol. The summed E-state index contributed by atoms with van der Waals surface area (Å²) < 4.78 is 24.2. The summed E-state index contributed by atoms with van der Waals surface area (Å²) in [6.07, 6.45) is 9.55. The van der Waals surface area contributed by atoms with Crippen LogP contribution in [-0.2, 0) is 0 Å². The highest BCUT2D eigenvalue weighted by Gasteiger charge is 2.21. The van der Waals surface area contributed by atoms with Crippen molar-refractivity contribution in [3.63, 3.8) is 0 Å². The Morgan fingerprint density at radius 2 is 2.00 bits per heavy atom. The van der Waals surface area contributed by atoms with Gasteiger partial charge in [0.25, 0.3) is 0 Å². The van der Waals surface area contributed by atoms with Gasteiger partial charge in [0.15, 0.2) is 0 Å². The molecule has 102 valence electrons. The molecule has 1 saturated carbocycles. The third-order valence-corrected chi connectivity index (χ3v) is 4.30. The quantitative estimate of drug-likeness (QED) is 0.647. The Bertz CT molecular complexity index is 554. The van der Waals surface area contributed by atoms with Crippen molar-refractivity contribution in [3.8, 4) is 6.07 Å². The smallest absolute Gasteiger partial charge is 0.0991 e. The van der Waals surface area contributed by atoms with Gasteiger partial charge in [-0.15, -0.1) is 0 Å². The van der Waals surface area contributed by atoms with Crippen molar-refractivity contribution in [2.75, 3.05) is 0 Å². The highest BCUT2D eigenvalue weighted by atomic mass is 14.3. The second-order valence-corrected chi connectivity index (χ2v) is 5.69. The molecular weight excluding hydrogens is 230 g/mol. The van der Waals surface area contributed by atoms with Crippen LogP contribution in [0.4, 0.5) is 0 Å². The minimum atomic E-state index is -0.0152. The molecule has 1 aliphatic rings. The van der Waals surface area contributed by atoms with Gasteiger partial charge in [-0.1, -0.05) is 44.7 Å². The van der Waals surface area contributed by atoms with E-state index in [0.29, 0.717) is 5.56 Å². The maximum absolute atomic E-state index is 8.97. The molecule has 1 aromatic rings. The Kier molecular flexibility index (Phi) is 4.05. The fraction of sp³-hybridized carbons (Fsp3) is 0.611. The van der Waals surface area contributed by atoms with Gasteiger partial charge in [0, 0.05) is 0 Å². The monoisotopic (exact) mass is 258 g/mol. The Morgan fingerprint density at radius 3 is 2.68 bits per heavy atom. The third-order valence-electron chi connectivity index (χ3n) is 4.30. The largest absolute Gasteiger partial charge is 0.192 e. The second kappa shape index (κ2) is 7.34. The van der Waals surface area contributed by atoms with Crippen LogP contribution < -0.4 is 0 Å². The van der Waals surface area contributed by atoms with Gasteiger partial charge in [0.2, 0.25) is 0 Å². The van der Waals surface area contributed by atoms with Crippen molar-refractivity contribution in [1.82, 2.24) is 0 Å². The number of rotatable bonds is 5. The Hall–Kier alpha value is -1.29. The second-order valence-electron chi connectivity index (χ2n) is 5.69. The number of unbranched alkanes of at least 4 members (excludes halogenated alkanes) is 2. The van der Waals surface area contributed by atoms with Crippen molar-refractivity contribution in [3.05, 3.63) is 35.3 Å². The first-order valence-electron chi connectivity index (χ1n) is 9.09. The lowest BCUT2D eigenvalue weighted by Gasteiger charge is -2.28. The number of hydrogen-bond acceptors (Lipinski definition) is 1. The van der Waals surface area contributed by atoms with E-state index in [2.05, 4.69) is 6.92 Å². The molecule has 0 spiro atoms. The van der Waals surface area contributed by atoms with Crippen LogP contribution in [0.15, 0.2) is 24.2 Å². The highest BCUT2D eigenvalue weighted by Crippen LogP contribution is 2.37. The molecule has 0 aliphatic heterocycles. The van der Waals surface area contributed by atoms with Crippen molar-refractivity contribution in [2.24, 2.45) is 5.92 Å². The third kappa shape index (κ3) is 4.10. The van der Waals surface area contributed by atoms with E-state index in [0.717, 1.165) is 18.8 Å². The summed E-state index contributed by atoms with van der Waals surface area (Å²) in [6.45, 7) is 2.23. The fourth-order valence-corrected chi connectivity index (χ4v) is 3.06. The molecule has 1 aliphatic carbocycles. The molecule has 0 N–H and O–H groups in total. The van der Waals surface area contributed by atoms with Gasteiger partial charge in [-0.2, -0.15) is 5.26 Å². The van der Waals surface area contributed by atoms with Crippen LogP contribution in [0.1, 0.15) is 79.4 Å². The number of nitriles is 1. The van der Waals surface area contributed by atoms with Crippen LogP contribution in [-0.4, -0.2) is 0 Å². The summed E-state index contributed by atoms with van der Waals surface area (Å²) in [5.74, 6) is 1.01. The molecule has 2 rings (SSSR count). The zero-order valence-electron chi connectivity index (χ0n) is 14.8. The lowest BCUT2D eigenvalue weighted by Crippen LogP contribution is -2.13. The zero-order valence-corrected chi connectivity index (χ0v) is 11.8. The van der Waals surface area contributed by atoms with Crippen LogP contribution >= 0.6 is 0 Å². The van der Waals surface area contributed by atoms with Gasteiger partial charge in [-0.05, 0) is 55.2 Å². The Morgan fingerprint density at radius 1 is 1.21 bits per heavy atom. The molecule has 0 unspecified atom stereocenters. The maximum Gasteiger partial charge on any atom is 0.0991 e. The molecule has 1 fully saturated rings. The highest BCUT2D eigenvalue weighted by molar-refractivity contribution is 5.33. The normalized spacial score (nSPS) is 25.2. The summed E-state index contributed by atoms with van der Waals surface area (Å²) in [4.78, 5) is 0. The van der Waals surface area contributed by atoms with Crippen molar-refractivity contribution < 1.29 is 4.11 Å². The van der Waals surface area contributed by atoms with Gasteiger partial charge in [-0.3, -0.25) is 0 Å². The lowest BCUT2D eigenvalue weighted by atomic mass is 9.77. The van der Waals surface area contributed by atoms with Crippen LogP contribution in [0, 0.1) is 17.2 Å². The number of hydrogen-bond donors (Lipinski definition) is 0. The summed E-state index contributed by atoms with van der Waals surface area (Å²) in [5, 5.41) is 8.97. The molecule has 0 bridgehead atoms. The molecule has 0 heterocycles. The van der Waals surface area contributed by atoms with Crippen LogP contribution in [0.5, 0.6) is 0 Å². The molecule has 0 aromatic heterocycles. The van der Waals surface area contributed by atoms with Crippen LogP contribution in [0.2, 0.25) is 0 Å². The first kappa shape index (κ1) is 10.5. The fourth-order valence-electron chi connectivity index (χ4n) is 3.06. The topological polar surface area (TPSA) is 23.8 Å². The van der Waals surface area contributed by atoms with Crippen LogP contribution in [0.25, 0.3) is 0 Å². The predicted molar refractivity (Wildman–Crippen MR) is 80.0 cm³/mol. The van der Waals surface area contributed by atoms with Gasteiger partial charge < -0.3 is 0 Å². The van der Waals surface area contributed by atoms with E-state index in [4.69, 9.17) is 9.37 Å². The average Bonchev–Trinajstić information content (AvgIpc) is 2.52. The Labute approximate surface area is 121 Å². The van der Waals surface area contributed by atoms with E-state index in [1.807, 2.05) is 6.07 Å². The van der Waals surface area contributed by atoms with E-state index in [1.165, 1.54) is 44.6 Å². The zero-order chi connectivity index (χ0) is 16.1. The number of nitrogens with zero attached hydrogens (tertiary/aromatic N) is 1. The van der Waals surface area contributed by atoms with Crippen molar-refractivity contribution in [2.45, 2.75) is 64.2 Å². The molecular formula is C18H25N. The minimum absolute atomic E-state index is 0.0152. The SMILES string of the molecule is [2H]c1cc(C#N)c([2H])c([2H])c1C1CCC(CCCCC)CC1. The molecule has 1 nitrogen and oxygen atoms in total. The molecule has 0 saturated heterocycles. The van der Waals surface area contributed by atoms with E-state index in [9.17, 15) is 0 Å². The number of benzene rings is 1. The van der Waals surface area contributed by atoms with E-state index >= 15 is 0 Å². The summed E-state index contributed by atoms with van der Waals surface area (Å²) >= 11 is 0. The van der Waals surface area contributed by atoms with Gasteiger partial charge in [-0.25, -0.2) is 0 Å². The van der Waals surface area contributed by atoms with Crippen molar-refractivity contribution >= 4 is 0 Å². The standard InChI is InChI=1S/C18H25N/c1-2-3-4-5-15-6-10-17(11-7-15)18-12-8-16(14-19)9-13-18/h8-9,12-13,15,17H,2-7,10-11H2,1H3/i8D,12D,13D. The first-order valence-corrected chi connectivity index (χ1v) is 7.59. The predicted octanol–water partition coefficient (Wildman–Crippen LogP) is 5.41. The summed E-state index contributed by atoms with van der Waals surface area (Å²) in [6, 6.07) is 3.73. The minimum Gasteiger partial charge on any atom is -0.192 e. The first-order chi connectivity index (χ1) is 10.6. The van der Waals surface area contributed by atoms with E-state index in [-0.39, 0.29) is 29.6 Å². The van der Waals surface area contributed by atoms with Crippen molar-refractivity contribution in [1.29, 1.82) is 5.26 Å².